The largest absolute Gasteiger partial charge is 0.348 e. The number of hydrogen-bond donors (Lipinski definition) is 2. The molecule has 0 saturated carbocycles. The van der Waals surface area contributed by atoms with Gasteiger partial charge >= 0.3 is 0 Å². The van der Waals surface area contributed by atoms with E-state index in [4.69, 9.17) is 0 Å². The summed E-state index contributed by atoms with van der Waals surface area (Å²) < 4.78 is 0. The summed E-state index contributed by atoms with van der Waals surface area (Å²) in [6.07, 6.45) is 4.85. The molecule has 2 atom stereocenters. The van der Waals surface area contributed by atoms with E-state index in [2.05, 4.69) is 33.9 Å². The molecule has 0 bridgehead atoms. The van der Waals surface area contributed by atoms with Gasteiger partial charge in [-0.05, 0) is 57.8 Å². The molecule has 1 amide bonds. The first kappa shape index (κ1) is 16.5. The summed E-state index contributed by atoms with van der Waals surface area (Å²) in [7, 11) is 1.99. The third-order valence-corrected chi connectivity index (χ3v) is 5.23. The normalized spacial score (nSPS) is 21.1. The van der Waals surface area contributed by atoms with Gasteiger partial charge in [-0.2, -0.15) is 0 Å². The van der Waals surface area contributed by atoms with Crippen LogP contribution in [0.15, 0.2) is 17.5 Å². The fourth-order valence-electron chi connectivity index (χ4n) is 2.99. The minimum absolute atomic E-state index is 0.109. The zero-order valence-corrected chi connectivity index (χ0v) is 13.9. The summed E-state index contributed by atoms with van der Waals surface area (Å²) in [4.78, 5) is 15.8. The van der Waals surface area contributed by atoms with E-state index in [0.29, 0.717) is 12.6 Å². The summed E-state index contributed by atoms with van der Waals surface area (Å²) >= 11 is 1.69. The Kier molecular flexibility index (Phi) is 6.67. The molecule has 1 fully saturated rings. The van der Waals surface area contributed by atoms with E-state index in [0.717, 1.165) is 19.5 Å². The molecule has 0 aliphatic carbocycles. The topological polar surface area (TPSA) is 44.4 Å². The Morgan fingerprint density at radius 1 is 1.52 bits per heavy atom. The maximum atomic E-state index is 12.3. The molecule has 1 aromatic rings. The van der Waals surface area contributed by atoms with Crippen molar-refractivity contribution in [2.24, 2.45) is 0 Å². The summed E-state index contributed by atoms with van der Waals surface area (Å²) in [5, 5.41) is 8.39. The average molecular weight is 309 g/mol. The summed E-state index contributed by atoms with van der Waals surface area (Å²) in [5.74, 6) is 0.146. The van der Waals surface area contributed by atoms with Gasteiger partial charge in [0.05, 0.1) is 12.6 Å². The van der Waals surface area contributed by atoms with Crippen molar-refractivity contribution in [1.82, 2.24) is 15.5 Å². The van der Waals surface area contributed by atoms with Crippen molar-refractivity contribution in [1.29, 1.82) is 0 Å². The van der Waals surface area contributed by atoms with Gasteiger partial charge in [-0.15, -0.1) is 11.3 Å². The number of carbonyl (C=O) groups excluding carboxylic acids is 1. The number of amides is 1. The lowest BCUT2D eigenvalue weighted by molar-refractivity contribution is -0.123. The second-order valence-electron chi connectivity index (χ2n) is 5.82. The minimum atomic E-state index is 0.109. The van der Waals surface area contributed by atoms with Crippen molar-refractivity contribution in [3.63, 3.8) is 0 Å². The Bertz CT molecular complexity index is 421. The number of rotatable bonds is 7. The highest BCUT2D eigenvalue weighted by Gasteiger charge is 2.24. The molecule has 4 nitrogen and oxygen atoms in total. The SMILES string of the molecule is CNCCC1CCCCN1CC(=O)NC(C)c1cccs1. The van der Waals surface area contributed by atoms with E-state index >= 15 is 0 Å². The van der Waals surface area contributed by atoms with Gasteiger partial charge in [0.25, 0.3) is 0 Å². The van der Waals surface area contributed by atoms with E-state index in [1.165, 1.54) is 24.1 Å². The van der Waals surface area contributed by atoms with E-state index in [1.807, 2.05) is 13.1 Å². The highest BCUT2D eigenvalue weighted by atomic mass is 32.1. The monoisotopic (exact) mass is 309 g/mol. The van der Waals surface area contributed by atoms with E-state index in [1.54, 1.807) is 11.3 Å². The standard InChI is InChI=1S/C16H27N3OS/c1-13(15-7-5-11-21-15)18-16(20)12-19-10-4-3-6-14(19)8-9-17-2/h5,7,11,13-14,17H,3-4,6,8-10,12H2,1-2H3,(H,18,20). The number of carbonyl (C=O) groups is 1. The summed E-state index contributed by atoms with van der Waals surface area (Å²) in [5.41, 5.74) is 0. The van der Waals surface area contributed by atoms with Gasteiger partial charge in [-0.1, -0.05) is 12.5 Å². The molecule has 0 spiro atoms. The maximum Gasteiger partial charge on any atom is 0.234 e. The first-order valence-corrected chi connectivity index (χ1v) is 8.80. The van der Waals surface area contributed by atoms with E-state index in [-0.39, 0.29) is 11.9 Å². The van der Waals surface area contributed by atoms with Crippen LogP contribution >= 0.6 is 11.3 Å². The van der Waals surface area contributed by atoms with Crippen molar-refractivity contribution in [3.05, 3.63) is 22.4 Å². The van der Waals surface area contributed by atoms with E-state index < -0.39 is 0 Å². The third-order valence-electron chi connectivity index (χ3n) is 4.17. The molecule has 1 aliphatic rings. The van der Waals surface area contributed by atoms with Crippen LogP contribution in [0.1, 0.15) is 43.5 Å². The van der Waals surface area contributed by atoms with Crippen LogP contribution in [0.25, 0.3) is 0 Å². The molecule has 2 heterocycles. The zero-order valence-electron chi connectivity index (χ0n) is 13.1. The molecule has 1 aromatic heterocycles. The van der Waals surface area contributed by atoms with Crippen LogP contribution in [0.2, 0.25) is 0 Å². The first-order valence-electron chi connectivity index (χ1n) is 7.92. The Morgan fingerprint density at radius 3 is 3.10 bits per heavy atom. The van der Waals surface area contributed by atoms with Crippen LogP contribution in [-0.4, -0.2) is 43.5 Å². The average Bonchev–Trinajstić information content (AvgIpc) is 3.00. The molecule has 118 valence electrons. The van der Waals surface area contributed by atoms with Crippen molar-refractivity contribution < 1.29 is 4.79 Å². The smallest absolute Gasteiger partial charge is 0.234 e. The molecule has 2 rings (SSSR count). The second kappa shape index (κ2) is 8.51. The lowest BCUT2D eigenvalue weighted by atomic mass is 9.99. The number of likely N-dealkylation sites (tertiary alicyclic amines) is 1. The fraction of sp³-hybridized carbons (Fsp3) is 0.688. The lowest BCUT2D eigenvalue weighted by Crippen LogP contribution is -2.46. The lowest BCUT2D eigenvalue weighted by Gasteiger charge is -2.35. The Morgan fingerprint density at radius 2 is 2.38 bits per heavy atom. The highest BCUT2D eigenvalue weighted by Crippen LogP contribution is 2.20. The Hall–Kier alpha value is -0.910. The Labute approximate surface area is 131 Å². The van der Waals surface area contributed by atoms with Crippen molar-refractivity contribution in [2.45, 2.75) is 44.7 Å². The number of nitrogens with one attached hydrogen (secondary N) is 2. The summed E-state index contributed by atoms with van der Waals surface area (Å²) in [6, 6.07) is 4.76. The number of nitrogens with zero attached hydrogens (tertiary/aromatic N) is 1. The number of thiophene rings is 1. The molecule has 1 saturated heterocycles. The quantitative estimate of drug-likeness (QED) is 0.813. The predicted molar refractivity (Wildman–Crippen MR) is 88.6 cm³/mol. The molecule has 2 unspecified atom stereocenters. The molecular formula is C16H27N3OS. The first-order chi connectivity index (χ1) is 10.2. The maximum absolute atomic E-state index is 12.3. The molecule has 0 aromatic carbocycles. The zero-order chi connectivity index (χ0) is 15.1. The van der Waals surface area contributed by atoms with Gasteiger partial charge in [0.15, 0.2) is 0 Å². The van der Waals surface area contributed by atoms with Crippen molar-refractivity contribution >= 4 is 17.2 Å². The fourth-order valence-corrected chi connectivity index (χ4v) is 3.72. The second-order valence-corrected chi connectivity index (χ2v) is 6.80. The van der Waals surface area contributed by atoms with Crippen molar-refractivity contribution in [2.75, 3.05) is 26.7 Å². The molecule has 5 heteroatoms. The molecule has 1 aliphatic heterocycles. The van der Waals surface area contributed by atoms with Crippen LogP contribution < -0.4 is 10.6 Å². The van der Waals surface area contributed by atoms with Gasteiger partial charge in [-0.3, -0.25) is 9.69 Å². The van der Waals surface area contributed by atoms with Gasteiger partial charge in [0, 0.05) is 10.9 Å². The minimum Gasteiger partial charge on any atom is -0.348 e. The van der Waals surface area contributed by atoms with Gasteiger partial charge < -0.3 is 10.6 Å². The molecule has 21 heavy (non-hydrogen) atoms. The van der Waals surface area contributed by atoms with Crippen LogP contribution in [0.3, 0.4) is 0 Å². The number of hydrogen-bond acceptors (Lipinski definition) is 4. The van der Waals surface area contributed by atoms with Crippen LogP contribution in [-0.2, 0) is 4.79 Å². The van der Waals surface area contributed by atoms with Gasteiger partial charge in [-0.25, -0.2) is 0 Å². The van der Waals surface area contributed by atoms with Gasteiger partial charge in [0.1, 0.15) is 0 Å². The molecule has 0 radical (unpaired) electrons. The van der Waals surface area contributed by atoms with Gasteiger partial charge in [0.2, 0.25) is 5.91 Å². The predicted octanol–water partition coefficient (Wildman–Crippen LogP) is 2.39. The van der Waals surface area contributed by atoms with Crippen LogP contribution in [0.4, 0.5) is 0 Å². The van der Waals surface area contributed by atoms with Crippen LogP contribution in [0.5, 0.6) is 0 Å². The van der Waals surface area contributed by atoms with Crippen LogP contribution in [0, 0.1) is 0 Å². The summed E-state index contributed by atoms with van der Waals surface area (Å²) in [6.45, 7) is 4.66. The molecule has 2 N–H and O–H groups in total. The number of piperidine rings is 1. The van der Waals surface area contributed by atoms with E-state index in [9.17, 15) is 4.79 Å². The third kappa shape index (κ3) is 5.09. The molecular weight excluding hydrogens is 282 g/mol. The van der Waals surface area contributed by atoms with Crippen molar-refractivity contribution in [3.8, 4) is 0 Å². The highest BCUT2D eigenvalue weighted by molar-refractivity contribution is 7.10. The Balaban J connectivity index is 1.82.